The molecule has 16 heteroatoms. The Kier molecular flexibility index (Phi) is 20.1. The summed E-state index contributed by atoms with van der Waals surface area (Å²) < 4.78 is 36.7. The normalized spacial score (nSPS) is 11.6. The maximum Gasteiger partial charge on any atom is 0.319 e. The minimum absolute atomic E-state index is 0.394. The molecule has 0 fully saturated rings. The smallest absolute Gasteiger partial charge is 0.319 e. The third-order valence-electron chi connectivity index (χ3n) is 11.0. The van der Waals surface area contributed by atoms with E-state index in [4.69, 9.17) is 55.6 Å². The van der Waals surface area contributed by atoms with Crippen LogP contribution in [-0.4, -0.2) is 39.2 Å². The highest BCUT2D eigenvalue weighted by atomic mass is 31.2. The van der Waals surface area contributed by atoms with E-state index in [1.807, 2.05) is 121 Å². The molecule has 0 amide bonds. The van der Waals surface area contributed by atoms with Gasteiger partial charge in [0.1, 0.15) is 17.2 Å². The molecule has 0 bridgehead atoms. The molecule has 0 aliphatic heterocycles. The number of nitrogens with zero attached hydrogens (tertiary/aromatic N) is 3. The Hall–Kier alpha value is -5.74. The summed E-state index contributed by atoms with van der Waals surface area (Å²) in [6, 6.07) is 47.5. The molecular weight excluding hydrogens is 912 g/mol. The van der Waals surface area contributed by atoms with Crippen LogP contribution in [0.3, 0.4) is 0 Å². The minimum Gasteiger partial charge on any atom is -0.453 e. The van der Waals surface area contributed by atoms with Gasteiger partial charge >= 0.3 is 16.2 Å². The van der Waals surface area contributed by atoms with Crippen LogP contribution in [0.2, 0.25) is 0 Å². The average molecular weight is 976 g/mol. The lowest BCUT2D eigenvalue weighted by Gasteiger charge is -2.23. The Morgan fingerprint density at radius 2 is 0.853 bits per heavy atom. The number of para-hydroxylation sites is 6. The number of aromatic nitrogens is 3. The van der Waals surface area contributed by atoms with E-state index in [0.29, 0.717) is 74.9 Å². The number of aryl methyl sites for hydroxylation is 4. The van der Waals surface area contributed by atoms with Gasteiger partial charge in [-0.3, -0.25) is 0 Å². The van der Waals surface area contributed by atoms with E-state index >= 15 is 0 Å². The van der Waals surface area contributed by atoms with Crippen LogP contribution in [0.1, 0.15) is 73.6 Å². The second kappa shape index (κ2) is 27.3. The van der Waals surface area contributed by atoms with E-state index in [-0.39, 0.29) is 0 Å². The molecule has 0 saturated heterocycles. The molecule has 0 aliphatic rings. The Labute approximate surface area is 404 Å². The Morgan fingerprint density at radius 3 is 1.41 bits per heavy atom. The molecule has 8 N–H and O–H groups in total. The fourth-order valence-electron chi connectivity index (χ4n) is 7.39. The van der Waals surface area contributed by atoms with Crippen molar-refractivity contribution in [1.29, 1.82) is 0 Å². The number of ether oxygens (including phenoxy) is 2. The molecular formula is C52H64N7O6P3. The largest absolute Gasteiger partial charge is 0.453 e. The highest BCUT2D eigenvalue weighted by Crippen LogP contribution is 2.49. The zero-order valence-corrected chi connectivity index (χ0v) is 41.3. The van der Waals surface area contributed by atoms with Gasteiger partial charge in [-0.05, 0) is 178 Å². The second-order valence-corrected chi connectivity index (χ2v) is 20.4. The number of benzene rings is 6. The van der Waals surface area contributed by atoms with Gasteiger partial charge in [-0.15, -0.1) is 4.51 Å². The Bertz CT molecular complexity index is 2650. The van der Waals surface area contributed by atoms with Gasteiger partial charge in [-0.2, -0.15) is 0 Å². The lowest BCUT2D eigenvalue weighted by molar-refractivity contribution is 0.231. The van der Waals surface area contributed by atoms with E-state index < -0.39 is 16.2 Å². The average Bonchev–Trinajstić information content (AvgIpc) is 3.36. The van der Waals surface area contributed by atoms with Crippen molar-refractivity contribution in [3.8, 4) is 46.0 Å². The molecule has 2 unspecified atom stereocenters. The number of rotatable bonds is 28. The van der Waals surface area contributed by atoms with Crippen molar-refractivity contribution in [3.05, 3.63) is 168 Å². The third-order valence-corrected chi connectivity index (χ3v) is 15.6. The maximum atomic E-state index is 7.15. The topological polar surface area (TPSA) is 182 Å². The summed E-state index contributed by atoms with van der Waals surface area (Å²) in [6.45, 7) is 2.48. The standard InChI is InChI=1S/C52H64N7O6P3/c53-37-16-12-25-41-21-4-8-31-46(41)60-50-35-20-36-51(52(50)61-47-32-9-5-22-42(47)26-13-17-38-54)64-67-57-66-58(63-48-33-10-6-23-43(48)27-14-18-39-55)68(59(67)62-45-29-2-1-3-30-45)65-49-34-11-7-24-44(49)28-15-19-40-56/h1-11,20-24,29-36H,12-19,25-28,37-40,53-56H2. The van der Waals surface area contributed by atoms with Crippen molar-refractivity contribution < 1.29 is 28.2 Å². The van der Waals surface area contributed by atoms with Crippen LogP contribution in [0, 0.1) is 0 Å². The number of hydrogen-bond donors (Lipinski definition) is 4. The van der Waals surface area contributed by atoms with E-state index in [1.54, 1.807) is 8.51 Å². The lowest BCUT2D eigenvalue weighted by atomic mass is 10.1. The molecule has 13 nitrogen and oxygen atoms in total. The van der Waals surface area contributed by atoms with Crippen molar-refractivity contribution in [2.45, 2.75) is 77.0 Å². The molecule has 7 aromatic rings. The van der Waals surface area contributed by atoms with Gasteiger partial charge in [0.25, 0.3) is 0 Å². The van der Waals surface area contributed by atoms with Crippen LogP contribution in [0.15, 0.2) is 146 Å². The molecule has 0 saturated carbocycles. The summed E-state index contributed by atoms with van der Waals surface area (Å²) in [5, 5.41) is 0. The second-order valence-electron chi connectivity index (χ2n) is 16.1. The highest BCUT2D eigenvalue weighted by Gasteiger charge is 2.25. The summed E-state index contributed by atoms with van der Waals surface area (Å²) in [6.07, 6.45) is 10.5. The fraction of sp³-hybridized carbons (Fsp3) is 0.308. The van der Waals surface area contributed by atoms with E-state index in [9.17, 15) is 0 Å². The van der Waals surface area contributed by atoms with Gasteiger partial charge in [0.2, 0.25) is 5.75 Å². The Morgan fingerprint density at radius 1 is 0.412 bits per heavy atom. The molecule has 0 radical (unpaired) electrons. The first-order chi connectivity index (χ1) is 33.6. The summed E-state index contributed by atoms with van der Waals surface area (Å²) in [5.41, 5.74) is 27.8. The maximum absolute atomic E-state index is 7.15. The monoisotopic (exact) mass is 975 g/mol. The molecule has 2 atom stereocenters. The summed E-state index contributed by atoms with van der Waals surface area (Å²) >= 11 is 0. The molecule has 7 rings (SSSR count). The van der Waals surface area contributed by atoms with E-state index in [1.165, 1.54) is 0 Å². The summed E-state index contributed by atoms with van der Waals surface area (Å²) in [4.78, 5) is 13.7. The van der Waals surface area contributed by atoms with Crippen LogP contribution < -0.4 is 51.1 Å². The highest BCUT2D eigenvalue weighted by molar-refractivity contribution is 7.56. The predicted octanol–water partition coefficient (Wildman–Crippen LogP) is 12.4. The van der Waals surface area contributed by atoms with E-state index in [0.717, 1.165) is 105 Å². The van der Waals surface area contributed by atoms with Crippen molar-refractivity contribution in [2.75, 3.05) is 26.2 Å². The number of hydrogen-bond acceptors (Lipinski definition) is 11. The minimum atomic E-state index is -2.00. The van der Waals surface area contributed by atoms with Gasteiger partial charge < -0.3 is 51.1 Å². The van der Waals surface area contributed by atoms with Crippen LogP contribution in [0.25, 0.3) is 0 Å². The van der Waals surface area contributed by atoms with Crippen LogP contribution >= 0.6 is 24.7 Å². The van der Waals surface area contributed by atoms with Gasteiger partial charge in [0.05, 0.1) is 0 Å². The molecule has 1 heterocycles. The first kappa shape index (κ1) is 50.1. The van der Waals surface area contributed by atoms with Crippen molar-refractivity contribution in [2.24, 2.45) is 22.9 Å². The van der Waals surface area contributed by atoms with Crippen LogP contribution in [0.4, 0.5) is 0 Å². The van der Waals surface area contributed by atoms with Crippen LogP contribution in [-0.2, 0) is 25.7 Å². The van der Waals surface area contributed by atoms with Crippen molar-refractivity contribution in [1.82, 2.24) is 13.0 Å². The molecule has 6 aromatic carbocycles. The van der Waals surface area contributed by atoms with Crippen molar-refractivity contribution >= 4 is 24.7 Å². The van der Waals surface area contributed by atoms with Crippen molar-refractivity contribution in [3.63, 3.8) is 0 Å². The van der Waals surface area contributed by atoms with Crippen LogP contribution in [0.5, 0.6) is 46.0 Å². The summed E-state index contributed by atoms with van der Waals surface area (Å²) in [7, 11) is -3.52. The third kappa shape index (κ3) is 14.4. The SMILES string of the molecule is NCCCCc1ccccc1Oc1cccc(Op2npn(Oc3ccccc3CCCCN)p(Oc3ccccc3CCCCN)n2Oc2ccccc2)c1Oc1ccccc1CCCCN. The molecule has 358 valence electrons. The number of unbranched alkanes of at least 4 members (excludes halogenated alkanes) is 4. The van der Waals surface area contributed by atoms with Gasteiger partial charge in [-0.1, -0.05) is 101 Å². The first-order valence-corrected chi connectivity index (χ1v) is 26.7. The summed E-state index contributed by atoms with van der Waals surface area (Å²) in [5.74, 6) is 4.65. The first-order valence-electron chi connectivity index (χ1n) is 23.6. The molecule has 1 aromatic heterocycles. The van der Waals surface area contributed by atoms with Gasteiger partial charge in [0, 0.05) is 0 Å². The van der Waals surface area contributed by atoms with Gasteiger partial charge in [-0.25, -0.2) is 0 Å². The Balaban J connectivity index is 1.38. The fourth-order valence-corrected chi connectivity index (χ4v) is 12.4. The molecule has 0 aliphatic carbocycles. The number of nitrogens with two attached hydrogens (primary N) is 4. The predicted molar refractivity (Wildman–Crippen MR) is 277 cm³/mol. The van der Waals surface area contributed by atoms with E-state index in [2.05, 4.69) is 24.3 Å². The lowest BCUT2D eigenvalue weighted by Crippen LogP contribution is -2.15. The molecule has 68 heavy (non-hydrogen) atoms. The zero-order chi connectivity index (χ0) is 47.2. The molecule has 0 spiro atoms. The zero-order valence-electron chi connectivity index (χ0n) is 38.6. The quantitative estimate of drug-likeness (QED) is 0.0343. The van der Waals surface area contributed by atoms with Gasteiger partial charge in [0.15, 0.2) is 31.5 Å².